The van der Waals surface area contributed by atoms with Crippen LogP contribution in [0, 0.1) is 40.7 Å². The molecule has 1 aliphatic heterocycles. The van der Waals surface area contributed by atoms with E-state index in [-0.39, 0.29) is 0 Å². The first-order valence-electron chi connectivity index (χ1n) is 11.7. The molecule has 0 spiro atoms. The molecule has 0 amide bonds. The van der Waals surface area contributed by atoms with E-state index < -0.39 is 23.5 Å². The van der Waals surface area contributed by atoms with E-state index in [0.29, 0.717) is 24.7 Å². The maximum Gasteiger partial charge on any atom is 0.184 e. The third kappa shape index (κ3) is 6.49. The van der Waals surface area contributed by atoms with E-state index in [1.54, 1.807) is 0 Å². The standard InChI is InChI=1S/C25H35F2NO2/c1-2-3-4-5-6-18-7-9-19(10-8-18)11-12-20-16-29-25(30-17-20)21-13-23(26)22(15-28)24(27)14-21/h13-14,18-20,25H,2-12,16-17H2,1H3/t18-,19-,20-,25-. The van der Waals surface area contributed by atoms with Crippen molar-refractivity contribution in [2.24, 2.45) is 17.8 Å². The van der Waals surface area contributed by atoms with Gasteiger partial charge in [0.15, 0.2) is 6.29 Å². The molecule has 0 aromatic heterocycles. The van der Waals surface area contributed by atoms with Crippen molar-refractivity contribution in [1.29, 1.82) is 5.26 Å². The molecule has 0 unspecified atom stereocenters. The van der Waals surface area contributed by atoms with Gasteiger partial charge in [0, 0.05) is 11.5 Å². The van der Waals surface area contributed by atoms with Crippen LogP contribution in [0.3, 0.4) is 0 Å². The average molecular weight is 420 g/mol. The van der Waals surface area contributed by atoms with Gasteiger partial charge in [0.25, 0.3) is 0 Å². The summed E-state index contributed by atoms with van der Waals surface area (Å²) in [5, 5.41) is 8.78. The highest BCUT2D eigenvalue weighted by molar-refractivity contribution is 5.35. The predicted octanol–water partition coefficient (Wildman–Crippen LogP) is 7.06. The predicted molar refractivity (Wildman–Crippen MR) is 113 cm³/mol. The lowest BCUT2D eigenvalue weighted by Gasteiger charge is -2.32. The van der Waals surface area contributed by atoms with E-state index in [0.717, 1.165) is 30.4 Å². The van der Waals surface area contributed by atoms with Crippen LogP contribution < -0.4 is 0 Å². The first kappa shape index (κ1) is 23.2. The Morgan fingerprint density at radius 3 is 2.00 bits per heavy atom. The van der Waals surface area contributed by atoms with Crippen molar-refractivity contribution in [1.82, 2.24) is 0 Å². The molecule has 1 aliphatic carbocycles. The van der Waals surface area contributed by atoms with Crippen molar-refractivity contribution >= 4 is 0 Å². The lowest BCUT2D eigenvalue weighted by Crippen LogP contribution is -2.28. The molecule has 2 aliphatic rings. The monoisotopic (exact) mass is 419 g/mol. The molecule has 0 N–H and O–H groups in total. The zero-order valence-corrected chi connectivity index (χ0v) is 18.2. The fraction of sp³-hybridized carbons (Fsp3) is 0.720. The molecule has 0 radical (unpaired) electrons. The number of hydrogen-bond donors (Lipinski definition) is 0. The summed E-state index contributed by atoms with van der Waals surface area (Å²) in [7, 11) is 0. The number of halogens is 2. The minimum atomic E-state index is -0.872. The van der Waals surface area contributed by atoms with Crippen LogP contribution in [0.1, 0.15) is 95.0 Å². The molecular weight excluding hydrogens is 384 g/mol. The van der Waals surface area contributed by atoms with Gasteiger partial charge in [-0.05, 0) is 30.4 Å². The molecule has 2 fully saturated rings. The molecule has 0 bridgehead atoms. The first-order chi connectivity index (χ1) is 14.6. The van der Waals surface area contributed by atoms with E-state index in [9.17, 15) is 8.78 Å². The lowest BCUT2D eigenvalue weighted by molar-refractivity contribution is -0.206. The van der Waals surface area contributed by atoms with Gasteiger partial charge in [0.1, 0.15) is 23.3 Å². The number of hydrogen-bond acceptors (Lipinski definition) is 3. The van der Waals surface area contributed by atoms with Crippen molar-refractivity contribution < 1.29 is 18.3 Å². The molecule has 1 heterocycles. The fourth-order valence-electron chi connectivity index (χ4n) is 4.88. The summed E-state index contributed by atoms with van der Waals surface area (Å²) in [4.78, 5) is 0. The second kappa shape index (κ2) is 11.8. The van der Waals surface area contributed by atoms with Crippen molar-refractivity contribution in [3.63, 3.8) is 0 Å². The van der Waals surface area contributed by atoms with E-state index in [1.807, 2.05) is 0 Å². The molecule has 5 heteroatoms. The number of unbranched alkanes of at least 4 members (excludes halogenated alkanes) is 3. The summed E-state index contributed by atoms with van der Waals surface area (Å²) in [5.41, 5.74) is -0.275. The molecule has 0 atom stereocenters. The number of nitrogens with zero attached hydrogens (tertiary/aromatic N) is 1. The molecule has 1 aromatic rings. The highest BCUT2D eigenvalue weighted by Gasteiger charge is 2.27. The number of rotatable bonds is 9. The quantitative estimate of drug-likeness (QED) is 0.403. The summed E-state index contributed by atoms with van der Waals surface area (Å²) in [6.45, 7) is 3.35. The third-order valence-electron chi connectivity index (χ3n) is 6.83. The highest BCUT2D eigenvalue weighted by atomic mass is 19.1. The summed E-state index contributed by atoms with van der Waals surface area (Å²) in [6.07, 6.45) is 13.9. The van der Waals surface area contributed by atoms with Crippen LogP contribution in [-0.2, 0) is 9.47 Å². The van der Waals surface area contributed by atoms with Gasteiger partial charge in [-0.25, -0.2) is 8.78 Å². The van der Waals surface area contributed by atoms with Crippen molar-refractivity contribution in [2.45, 2.75) is 83.8 Å². The van der Waals surface area contributed by atoms with Crippen LogP contribution in [0.15, 0.2) is 12.1 Å². The van der Waals surface area contributed by atoms with E-state index >= 15 is 0 Å². The maximum atomic E-state index is 13.8. The van der Waals surface area contributed by atoms with E-state index in [4.69, 9.17) is 14.7 Å². The van der Waals surface area contributed by atoms with Gasteiger partial charge in [0.2, 0.25) is 0 Å². The zero-order chi connectivity index (χ0) is 21.3. The van der Waals surface area contributed by atoms with Crippen molar-refractivity contribution in [2.75, 3.05) is 13.2 Å². The lowest BCUT2D eigenvalue weighted by atomic mass is 9.77. The number of ether oxygens (including phenoxy) is 2. The van der Waals surface area contributed by atoms with Gasteiger partial charge < -0.3 is 9.47 Å². The SMILES string of the molecule is CCCCCC[C@H]1CC[C@H](CC[C@H]2CO[C@H](c3cc(F)c(C#N)c(F)c3)OC2)CC1. The topological polar surface area (TPSA) is 42.2 Å². The Morgan fingerprint density at radius 2 is 1.43 bits per heavy atom. The Kier molecular flexibility index (Phi) is 9.08. The second-order valence-electron chi connectivity index (χ2n) is 9.15. The Hall–Kier alpha value is -1.51. The zero-order valence-electron chi connectivity index (χ0n) is 18.2. The van der Waals surface area contributed by atoms with Gasteiger partial charge in [0.05, 0.1) is 13.2 Å². The van der Waals surface area contributed by atoms with Crippen LogP contribution in [0.2, 0.25) is 0 Å². The minimum absolute atomic E-state index is 0.291. The second-order valence-corrected chi connectivity index (χ2v) is 9.15. The van der Waals surface area contributed by atoms with Crippen LogP contribution in [-0.4, -0.2) is 13.2 Å². The molecule has 1 saturated heterocycles. The summed E-state index contributed by atoms with van der Waals surface area (Å²) in [5.74, 6) is 0.344. The smallest absolute Gasteiger partial charge is 0.184 e. The largest absolute Gasteiger partial charge is 0.348 e. The van der Waals surface area contributed by atoms with Crippen LogP contribution in [0.5, 0.6) is 0 Å². The van der Waals surface area contributed by atoms with Gasteiger partial charge in [-0.1, -0.05) is 71.1 Å². The summed E-state index contributed by atoms with van der Waals surface area (Å²) >= 11 is 0. The van der Waals surface area contributed by atoms with E-state index in [2.05, 4.69) is 6.92 Å². The molecule has 1 saturated carbocycles. The molecule has 30 heavy (non-hydrogen) atoms. The van der Waals surface area contributed by atoms with Crippen LogP contribution in [0.4, 0.5) is 8.78 Å². The van der Waals surface area contributed by atoms with Gasteiger partial charge in [-0.2, -0.15) is 5.26 Å². The van der Waals surface area contributed by atoms with Crippen LogP contribution in [0.25, 0.3) is 0 Å². The average Bonchev–Trinajstić information content (AvgIpc) is 2.76. The maximum absolute atomic E-state index is 13.8. The molecule has 166 valence electrons. The fourth-order valence-corrected chi connectivity index (χ4v) is 4.88. The van der Waals surface area contributed by atoms with Gasteiger partial charge >= 0.3 is 0 Å². The number of benzene rings is 1. The normalized spacial score (nSPS) is 27.0. The Balaban J connectivity index is 1.35. The highest BCUT2D eigenvalue weighted by Crippen LogP contribution is 2.36. The third-order valence-corrected chi connectivity index (χ3v) is 6.83. The summed E-state index contributed by atoms with van der Waals surface area (Å²) in [6, 6.07) is 3.80. The minimum Gasteiger partial charge on any atom is -0.348 e. The molecule has 3 rings (SSSR count). The first-order valence-corrected chi connectivity index (χ1v) is 11.7. The Labute approximate surface area is 179 Å². The summed E-state index contributed by atoms with van der Waals surface area (Å²) < 4.78 is 39.1. The molecular formula is C25H35F2NO2. The van der Waals surface area contributed by atoms with Gasteiger partial charge in [-0.3, -0.25) is 0 Å². The van der Waals surface area contributed by atoms with Crippen LogP contribution >= 0.6 is 0 Å². The number of nitriles is 1. The van der Waals surface area contributed by atoms with Gasteiger partial charge in [-0.15, -0.1) is 0 Å². The van der Waals surface area contributed by atoms with Crippen molar-refractivity contribution in [3.8, 4) is 6.07 Å². The Morgan fingerprint density at radius 1 is 0.867 bits per heavy atom. The Bertz CT molecular complexity index is 679. The molecule has 3 nitrogen and oxygen atoms in total. The molecule has 1 aromatic carbocycles. The van der Waals surface area contributed by atoms with E-state index in [1.165, 1.54) is 70.3 Å². The van der Waals surface area contributed by atoms with Crippen molar-refractivity contribution in [3.05, 3.63) is 34.9 Å².